The van der Waals surface area contributed by atoms with Crippen LogP contribution in [0.3, 0.4) is 0 Å². The van der Waals surface area contributed by atoms with Crippen LogP contribution in [0.2, 0.25) is 0 Å². The summed E-state index contributed by atoms with van der Waals surface area (Å²) < 4.78 is 10.4. The summed E-state index contributed by atoms with van der Waals surface area (Å²) in [6.45, 7) is -0.251. The molecule has 2 rings (SSSR count). The summed E-state index contributed by atoms with van der Waals surface area (Å²) in [5, 5.41) is 25.1. The summed E-state index contributed by atoms with van der Waals surface area (Å²) in [4.78, 5) is 10.7. The van der Waals surface area contributed by atoms with Gasteiger partial charge in [0.05, 0.1) is 7.11 Å². The van der Waals surface area contributed by atoms with E-state index in [9.17, 15) is 4.79 Å². The predicted molar refractivity (Wildman–Crippen MR) is 79.1 cm³/mol. The van der Waals surface area contributed by atoms with Crippen LogP contribution in [-0.4, -0.2) is 40.2 Å². The summed E-state index contributed by atoms with van der Waals surface area (Å²) in [5.74, 6) is 0.367. The third kappa shape index (κ3) is 4.18. The van der Waals surface area contributed by atoms with Crippen molar-refractivity contribution in [3.05, 3.63) is 30.2 Å². The molecule has 1 amide bonds. The maximum atomic E-state index is 10.7. The molecule has 10 nitrogen and oxygen atoms in total. The Bertz CT molecular complexity index is 749. The summed E-state index contributed by atoms with van der Waals surface area (Å²) >= 11 is 0. The molecule has 0 unspecified atom stereocenters. The molecule has 4 N–H and O–H groups in total. The number of aromatic amines is 1. The van der Waals surface area contributed by atoms with Crippen LogP contribution in [0, 0.1) is 11.3 Å². The predicted octanol–water partition coefficient (Wildman–Crippen LogP) is 0.0490. The number of nitrogens with one attached hydrogen (secondary N) is 2. The Kier molecular flexibility index (Phi) is 5.08. The Morgan fingerprint density at radius 3 is 2.96 bits per heavy atom. The number of benzene rings is 1. The number of hydrogen-bond donors (Lipinski definition) is 3. The number of nitrogens with zero attached hydrogens (tertiary/aromatic N) is 4. The summed E-state index contributed by atoms with van der Waals surface area (Å²) in [6.07, 6.45) is 1.43. The van der Waals surface area contributed by atoms with Crippen LogP contribution < -0.4 is 20.5 Å². The first kappa shape index (κ1) is 15.8. The number of primary amides is 1. The zero-order valence-corrected chi connectivity index (χ0v) is 12.1. The fourth-order valence-corrected chi connectivity index (χ4v) is 1.60. The van der Waals surface area contributed by atoms with Crippen LogP contribution in [0.15, 0.2) is 24.4 Å². The number of amides is 1. The van der Waals surface area contributed by atoms with E-state index in [1.165, 1.54) is 13.3 Å². The van der Waals surface area contributed by atoms with Crippen molar-refractivity contribution in [2.45, 2.75) is 0 Å². The molecule has 0 aliphatic carbocycles. The van der Waals surface area contributed by atoms with Crippen molar-refractivity contribution in [3.8, 4) is 17.6 Å². The smallest absolute Gasteiger partial charge is 0.255 e. The van der Waals surface area contributed by atoms with Crippen LogP contribution >= 0.6 is 0 Å². The zero-order valence-electron chi connectivity index (χ0n) is 12.1. The number of carbonyl (C=O) groups excluding carboxylic acids is 1. The largest absolute Gasteiger partial charge is 0.493 e. The first-order valence-corrected chi connectivity index (χ1v) is 6.33. The van der Waals surface area contributed by atoms with Crippen LogP contribution in [0.1, 0.15) is 5.82 Å². The molecular weight excluding hydrogens is 302 g/mol. The fraction of sp³-hybridized carbons (Fsp3) is 0.154. The van der Waals surface area contributed by atoms with Gasteiger partial charge in [0.2, 0.25) is 5.82 Å². The molecule has 1 aromatic heterocycles. The number of H-pyrrole nitrogens is 1. The van der Waals surface area contributed by atoms with Gasteiger partial charge in [0.15, 0.2) is 18.1 Å². The molecule has 10 heteroatoms. The number of carbonyl (C=O) groups is 1. The fourth-order valence-electron chi connectivity index (χ4n) is 1.60. The summed E-state index contributed by atoms with van der Waals surface area (Å²) in [5.41, 5.74) is 5.86. The average Bonchev–Trinajstić information content (AvgIpc) is 3.08. The quantitative estimate of drug-likeness (QED) is 0.606. The monoisotopic (exact) mass is 315 g/mol. The highest BCUT2D eigenvalue weighted by molar-refractivity contribution is 5.76. The second kappa shape index (κ2) is 7.41. The van der Waals surface area contributed by atoms with Gasteiger partial charge in [-0.05, 0) is 17.3 Å². The van der Waals surface area contributed by atoms with Gasteiger partial charge >= 0.3 is 0 Å². The number of anilines is 1. The van der Waals surface area contributed by atoms with Crippen molar-refractivity contribution in [2.24, 2.45) is 5.73 Å². The van der Waals surface area contributed by atoms with E-state index in [1.54, 1.807) is 18.2 Å². The molecule has 2 aromatic rings. The second-order valence-electron chi connectivity index (χ2n) is 4.17. The highest BCUT2D eigenvalue weighted by Gasteiger charge is 2.08. The van der Waals surface area contributed by atoms with Crippen molar-refractivity contribution in [1.29, 1.82) is 5.26 Å². The van der Waals surface area contributed by atoms with Crippen LogP contribution in [-0.2, 0) is 4.79 Å². The summed E-state index contributed by atoms with van der Waals surface area (Å²) in [7, 11) is 1.46. The van der Waals surface area contributed by atoms with Crippen molar-refractivity contribution < 1.29 is 14.3 Å². The molecule has 0 saturated carbocycles. The maximum absolute atomic E-state index is 10.7. The molecule has 1 aromatic carbocycles. The number of allylic oxidation sites excluding steroid dienone is 1. The SMILES string of the molecule is COc1cc(NC=C(C#N)c2nn[nH]n2)ccc1OCC(N)=O. The van der Waals surface area contributed by atoms with Gasteiger partial charge < -0.3 is 20.5 Å². The molecule has 0 fully saturated rings. The van der Waals surface area contributed by atoms with Gasteiger partial charge in [0, 0.05) is 18.0 Å². The molecular formula is C13H13N7O3. The van der Waals surface area contributed by atoms with Crippen LogP contribution in [0.25, 0.3) is 5.57 Å². The molecule has 0 aliphatic heterocycles. The standard InChI is InChI=1S/C13H13N7O3/c1-22-11-4-9(2-3-10(11)23-7-12(15)21)16-6-8(5-14)13-17-19-20-18-13/h2-4,6,16H,7H2,1H3,(H2,15,21)(H,17,18,19,20). The number of nitriles is 1. The highest BCUT2D eigenvalue weighted by atomic mass is 16.5. The minimum Gasteiger partial charge on any atom is -0.493 e. The molecule has 118 valence electrons. The normalized spacial score (nSPS) is 10.7. The van der Waals surface area contributed by atoms with Gasteiger partial charge in [-0.3, -0.25) is 4.79 Å². The minimum absolute atomic E-state index is 0.174. The molecule has 0 bridgehead atoms. The van der Waals surface area contributed by atoms with E-state index in [-0.39, 0.29) is 18.0 Å². The Balaban J connectivity index is 2.14. The number of hydrogen-bond acceptors (Lipinski definition) is 8. The molecule has 0 radical (unpaired) electrons. The number of rotatable bonds is 7. The van der Waals surface area contributed by atoms with Crippen molar-refractivity contribution in [3.63, 3.8) is 0 Å². The van der Waals surface area contributed by atoms with E-state index in [4.69, 9.17) is 20.5 Å². The Hall–Kier alpha value is -3.61. The van der Waals surface area contributed by atoms with Crippen molar-refractivity contribution >= 4 is 17.2 Å². The lowest BCUT2D eigenvalue weighted by molar-refractivity contribution is -0.119. The first-order chi connectivity index (χ1) is 11.1. The second-order valence-corrected chi connectivity index (χ2v) is 4.17. The Morgan fingerprint density at radius 1 is 1.52 bits per heavy atom. The number of nitrogens with two attached hydrogens (primary N) is 1. The van der Waals surface area contributed by atoms with Gasteiger partial charge in [-0.25, -0.2) is 0 Å². The lowest BCUT2D eigenvalue weighted by Gasteiger charge is -2.11. The van der Waals surface area contributed by atoms with Gasteiger partial charge in [-0.1, -0.05) is 0 Å². The molecule has 0 atom stereocenters. The Morgan fingerprint density at radius 2 is 2.35 bits per heavy atom. The van der Waals surface area contributed by atoms with Crippen molar-refractivity contribution in [2.75, 3.05) is 19.0 Å². The molecule has 0 saturated heterocycles. The van der Waals surface area contributed by atoms with Crippen LogP contribution in [0.4, 0.5) is 5.69 Å². The molecule has 0 spiro atoms. The molecule has 0 aliphatic rings. The van der Waals surface area contributed by atoms with E-state index >= 15 is 0 Å². The maximum Gasteiger partial charge on any atom is 0.255 e. The zero-order chi connectivity index (χ0) is 16.7. The summed E-state index contributed by atoms with van der Waals surface area (Å²) in [6, 6.07) is 6.88. The number of aromatic nitrogens is 4. The lowest BCUT2D eigenvalue weighted by Crippen LogP contribution is -2.20. The van der Waals surface area contributed by atoms with Gasteiger partial charge in [0.1, 0.15) is 11.6 Å². The van der Waals surface area contributed by atoms with Gasteiger partial charge in [-0.15, -0.1) is 10.2 Å². The molecule has 23 heavy (non-hydrogen) atoms. The van der Waals surface area contributed by atoms with Gasteiger partial charge in [0.25, 0.3) is 5.91 Å². The number of ether oxygens (including phenoxy) is 2. The van der Waals surface area contributed by atoms with E-state index in [2.05, 4.69) is 25.9 Å². The average molecular weight is 315 g/mol. The van der Waals surface area contributed by atoms with E-state index in [0.717, 1.165) is 0 Å². The topological polar surface area (TPSA) is 152 Å². The van der Waals surface area contributed by atoms with E-state index in [1.807, 2.05) is 6.07 Å². The highest BCUT2D eigenvalue weighted by Crippen LogP contribution is 2.30. The first-order valence-electron chi connectivity index (χ1n) is 6.33. The molecule has 1 heterocycles. The number of tetrazole rings is 1. The van der Waals surface area contributed by atoms with Crippen molar-refractivity contribution in [1.82, 2.24) is 20.6 Å². The third-order valence-electron chi connectivity index (χ3n) is 2.62. The lowest BCUT2D eigenvalue weighted by atomic mass is 10.2. The number of methoxy groups -OCH3 is 1. The van der Waals surface area contributed by atoms with Gasteiger partial charge in [-0.2, -0.15) is 10.5 Å². The Labute approximate surface area is 130 Å². The van der Waals surface area contributed by atoms with Crippen LogP contribution in [0.5, 0.6) is 11.5 Å². The minimum atomic E-state index is -0.587. The third-order valence-corrected chi connectivity index (χ3v) is 2.62. The van der Waals surface area contributed by atoms with E-state index in [0.29, 0.717) is 17.2 Å². The van der Waals surface area contributed by atoms with E-state index < -0.39 is 5.91 Å².